The van der Waals surface area contributed by atoms with Crippen LogP contribution >= 0.6 is 0 Å². The highest BCUT2D eigenvalue weighted by atomic mass is 19.4. The molecule has 0 aromatic carbocycles. The normalized spacial score (nSPS) is 14.3. The van der Waals surface area contributed by atoms with Crippen LogP contribution in [0.15, 0.2) is 5.16 Å². The first-order valence-corrected chi connectivity index (χ1v) is 4.80. The van der Waals surface area contributed by atoms with Gasteiger partial charge in [0.15, 0.2) is 0 Å². The quantitative estimate of drug-likeness (QED) is 0.196. The minimum atomic E-state index is -5.50. The Bertz CT molecular complexity index is 262. The first kappa shape index (κ1) is 16.8. The van der Waals surface area contributed by atoms with Crippen LogP contribution in [-0.4, -0.2) is 36.1 Å². The highest BCUT2D eigenvalue weighted by Crippen LogP contribution is 2.35. The molecule has 0 rings (SSSR count). The standard InChI is InChI=1S/C8H12F6N2O2/c9-7(10,11)6(8(12,13)14)18-4-2-1-3-5(15)16-17/h6,17H,1-4H2,(H2,15,16). The topological polar surface area (TPSA) is 67.8 Å². The molecule has 0 amide bonds. The summed E-state index contributed by atoms with van der Waals surface area (Å²) < 4.78 is 75.7. The average molecular weight is 282 g/mol. The molecule has 0 saturated heterocycles. The lowest BCUT2D eigenvalue weighted by Crippen LogP contribution is -2.44. The molecule has 3 N–H and O–H groups in total. The largest absolute Gasteiger partial charge is 0.423 e. The van der Waals surface area contributed by atoms with Crippen LogP contribution in [0.25, 0.3) is 0 Å². The molecule has 0 unspecified atom stereocenters. The molecule has 10 heteroatoms. The highest BCUT2D eigenvalue weighted by Gasteiger charge is 2.57. The number of oxime groups is 1. The van der Waals surface area contributed by atoms with E-state index >= 15 is 0 Å². The van der Waals surface area contributed by atoms with Gasteiger partial charge < -0.3 is 15.7 Å². The number of halogens is 6. The molecule has 0 aromatic rings. The van der Waals surface area contributed by atoms with Gasteiger partial charge in [0.25, 0.3) is 0 Å². The van der Waals surface area contributed by atoms with Crippen LogP contribution in [0.4, 0.5) is 26.3 Å². The summed E-state index contributed by atoms with van der Waals surface area (Å²) in [6.45, 7) is -0.720. The van der Waals surface area contributed by atoms with E-state index in [1.807, 2.05) is 0 Å². The smallest absolute Gasteiger partial charge is 0.409 e. The van der Waals surface area contributed by atoms with Crippen LogP contribution in [-0.2, 0) is 4.74 Å². The first-order chi connectivity index (χ1) is 8.09. The number of alkyl halides is 6. The predicted molar refractivity (Wildman–Crippen MR) is 49.1 cm³/mol. The zero-order chi connectivity index (χ0) is 14.4. The number of rotatable bonds is 6. The number of hydrogen-bond donors (Lipinski definition) is 2. The molecule has 0 bridgehead atoms. The third-order valence-corrected chi connectivity index (χ3v) is 1.83. The van der Waals surface area contributed by atoms with Gasteiger partial charge in [-0.25, -0.2) is 0 Å². The molecule has 0 fully saturated rings. The molecule has 0 aromatic heterocycles. The number of hydrogen-bond acceptors (Lipinski definition) is 3. The minimum absolute atomic E-state index is 0.0581. The molecule has 0 atom stereocenters. The van der Waals surface area contributed by atoms with Crippen LogP contribution in [0.3, 0.4) is 0 Å². The van der Waals surface area contributed by atoms with Crippen molar-refractivity contribution in [1.82, 2.24) is 0 Å². The third kappa shape index (κ3) is 6.52. The van der Waals surface area contributed by atoms with Crippen molar-refractivity contribution in [2.75, 3.05) is 6.61 Å². The zero-order valence-electron chi connectivity index (χ0n) is 9.05. The van der Waals surface area contributed by atoms with E-state index in [0.717, 1.165) is 0 Å². The van der Waals surface area contributed by atoms with Crippen LogP contribution in [0.1, 0.15) is 19.3 Å². The van der Waals surface area contributed by atoms with E-state index < -0.39 is 25.1 Å². The number of ether oxygens (including phenoxy) is 1. The Morgan fingerprint density at radius 1 is 1.11 bits per heavy atom. The van der Waals surface area contributed by atoms with E-state index in [1.165, 1.54) is 0 Å². The molecule has 0 spiro atoms. The fourth-order valence-corrected chi connectivity index (χ4v) is 1.03. The Labute approximate surface area is 98.4 Å². The maximum Gasteiger partial charge on any atom is 0.423 e. The lowest BCUT2D eigenvalue weighted by Gasteiger charge is -2.22. The molecule has 0 aliphatic rings. The molecular weight excluding hydrogens is 270 g/mol. The fraction of sp³-hybridized carbons (Fsp3) is 0.875. The molecule has 0 aliphatic heterocycles. The molecule has 0 saturated carbocycles. The molecule has 0 heterocycles. The van der Waals surface area contributed by atoms with Gasteiger partial charge in [0, 0.05) is 13.0 Å². The average Bonchev–Trinajstić information content (AvgIpc) is 2.18. The lowest BCUT2D eigenvalue weighted by atomic mass is 10.2. The van der Waals surface area contributed by atoms with Gasteiger partial charge in [0.1, 0.15) is 5.84 Å². The summed E-state index contributed by atoms with van der Waals surface area (Å²) in [5.74, 6) is -0.154. The Morgan fingerprint density at radius 2 is 1.61 bits per heavy atom. The summed E-state index contributed by atoms with van der Waals surface area (Å²) in [4.78, 5) is 0. The second kappa shape index (κ2) is 6.66. The van der Waals surface area contributed by atoms with Crippen molar-refractivity contribution < 1.29 is 36.3 Å². The summed E-state index contributed by atoms with van der Waals surface area (Å²) in [6, 6.07) is 0. The van der Waals surface area contributed by atoms with Gasteiger partial charge >= 0.3 is 12.4 Å². The number of nitrogens with two attached hydrogens (primary N) is 1. The maximum atomic E-state index is 12.0. The fourth-order valence-electron chi connectivity index (χ4n) is 1.03. The monoisotopic (exact) mass is 282 g/mol. The van der Waals surface area contributed by atoms with E-state index in [2.05, 4.69) is 9.89 Å². The second-order valence-electron chi connectivity index (χ2n) is 3.38. The first-order valence-electron chi connectivity index (χ1n) is 4.80. The van der Waals surface area contributed by atoms with E-state index in [0.29, 0.717) is 0 Å². The van der Waals surface area contributed by atoms with E-state index in [-0.39, 0.29) is 25.1 Å². The summed E-state index contributed by atoms with van der Waals surface area (Å²) in [6.07, 6.45) is -14.6. The summed E-state index contributed by atoms with van der Waals surface area (Å²) >= 11 is 0. The Kier molecular flexibility index (Phi) is 6.22. The van der Waals surface area contributed by atoms with Gasteiger partial charge in [-0.3, -0.25) is 0 Å². The van der Waals surface area contributed by atoms with Crippen LogP contribution in [0.2, 0.25) is 0 Å². The number of unbranched alkanes of at least 4 members (excludes halogenated alkanes) is 1. The van der Waals surface area contributed by atoms with Gasteiger partial charge in [-0.15, -0.1) is 0 Å². The van der Waals surface area contributed by atoms with Crippen LogP contribution < -0.4 is 5.73 Å². The van der Waals surface area contributed by atoms with Crippen molar-refractivity contribution in [2.45, 2.75) is 37.7 Å². The van der Waals surface area contributed by atoms with Crippen molar-refractivity contribution >= 4 is 5.84 Å². The molecule has 108 valence electrons. The molecule has 4 nitrogen and oxygen atoms in total. The van der Waals surface area contributed by atoms with Gasteiger partial charge in [-0.05, 0) is 12.8 Å². The molecule has 18 heavy (non-hydrogen) atoms. The summed E-state index contributed by atoms with van der Waals surface area (Å²) in [5, 5.41) is 10.7. The van der Waals surface area contributed by atoms with E-state index in [1.54, 1.807) is 0 Å². The predicted octanol–water partition coefficient (Wildman–Crippen LogP) is 2.41. The summed E-state index contributed by atoms with van der Waals surface area (Å²) in [7, 11) is 0. The van der Waals surface area contributed by atoms with Gasteiger partial charge in [0.2, 0.25) is 6.10 Å². The Balaban J connectivity index is 4.08. The molecule has 0 radical (unpaired) electrons. The van der Waals surface area contributed by atoms with Gasteiger partial charge in [-0.1, -0.05) is 5.16 Å². The van der Waals surface area contributed by atoms with Crippen molar-refractivity contribution in [3.63, 3.8) is 0 Å². The van der Waals surface area contributed by atoms with Crippen molar-refractivity contribution in [2.24, 2.45) is 10.9 Å². The minimum Gasteiger partial charge on any atom is -0.409 e. The summed E-state index contributed by atoms with van der Waals surface area (Å²) in [5.41, 5.74) is 5.05. The van der Waals surface area contributed by atoms with Crippen LogP contribution in [0, 0.1) is 0 Å². The molecular formula is C8H12F6N2O2. The maximum absolute atomic E-state index is 12.0. The third-order valence-electron chi connectivity index (χ3n) is 1.83. The van der Waals surface area contributed by atoms with Crippen LogP contribution in [0.5, 0.6) is 0 Å². The SMILES string of the molecule is NC(CCCCOC(C(F)(F)F)C(F)(F)F)=NO. The van der Waals surface area contributed by atoms with Crippen molar-refractivity contribution in [1.29, 1.82) is 0 Å². The Hall–Kier alpha value is -1.19. The van der Waals surface area contributed by atoms with Gasteiger partial charge in [0.05, 0.1) is 0 Å². The zero-order valence-corrected chi connectivity index (χ0v) is 9.05. The lowest BCUT2D eigenvalue weighted by molar-refractivity contribution is -0.321. The van der Waals surface area contributed by atoms with Crippen molar-refractivity contribution in [3.05, 3.63) is 0 Å². The molecule has 0 aliphatic carbocycles. The number of nitrogens with zero attached hydrogens (tertiary/aromatic N) is 1. The second-order valence-corrected chi connectivity index (χ2v) is 3.38. The Morgan fingerprint density at radius 3 is 2.00 bits per heavy atom. The number of amidine groups is 1. The van der Waals surface area contributed by atoms with Gasteiger partial charge in [-0.2, -0.15) is 26.3 Å². The van der Waals surface area contributed by atoms with E-state index in [9.17, 15) is 26.3 Å². The highest BCUT2D eigenvalue weighted by molar-refractivity contribution is 5.79. The van der Waals surface area contributed by atoms with E-state index in [4.69, 9.17) is 10.9 Å². The van der Waals surface area contributed by atoms with Crippen molar-refractivity contribution in [3.8, 4) is 0 Å².